The number of alkyl halides is 5. The maximum atomic E-state index is 13.5. The molecule has 6 heteroatoms. The van der Waals surface area contributed by atoms with Crippen LogP contribution in [0.2, 0.25) is 0 Å². The highest BCUT2D eigenvalue weighted by molar-refractivity contribution is 4.98. The molecule has 0 heterocycles. The molecule has 0 N–H and O–H groups in total. The molecule has 25 heavy (non-hydrogen) atoms. The van der Waals surface area contributed by atoms with Crippen LogP contribution >= 0.6 is 0 Å². The van der Waals surface area contributed by atoms with Crippen molar-refractivity contribution in [1.29, 1.82) is 0 Å². The quantitative estimate of drug-likeness (QED) is 0.381. The fourth-order valence-corrected chi connectivity index (χ4v) is 4.00. The van der Waals surface area contributed by atoms with Gasteiger partial charge >= 0.3 is 12.5 Å². The zero-order valence-electron chi connectivity index (χ0n) is 14.6. The number of hydrogen-bond acceptors (Lipinski definition) is 1. The number of hydrogen-bond donors (Lipinski definition) is 0. The monoisotopic (exact) mass is 366 g/mol. The van der Waals surface area contributed by atoms with Crippen LogP contribution in [0.15, 0.2) is 24.3 Å². The third kappa shape index (κ3) is 6.72. The van der Waals surface area contributed by atoms with Crippen LogP contribution in [-0.4, -0.2) is 12.5 Å². The first-order chi connectivity index (χ1) is 11.7. The minimum atomic E-state index is -5.30. The Labute approximate surface area is 146 Å². The standard InChI is InChI=1S/C19H27F5O/c1-2-3-14-4-6-15(7-5-14)8-9-16-10-12-17(13-11-16)18(20,21)25-19(22,23)24/h2-3,8-9,14-17H,4-7,10-13H2,1H3. The highest BCUT2D eigenvalue weighted by atomic mass is 19.4. The van der Waals surface area contributed by atoms with Crippen molar-refractivity contribution in [2.75, 3.05) is 0 Å². The van der Waals surface area contributed by atoms with E-state index in [2.05, 4.69) is 29.0 Å². The lowest BCUT2D eigenvalue weighted by Crippen LogP contribution is -2.38. The van der Waals surface area contributed by atoms with Crippen LogP contribution in [-0.2, 0) is 4.74 Å². The average Bonchev–Trinajstić information content (AvgIpc) is 2.53. The van der Waals surface area contributed by atoms with Gasteiger partial charge in [0.05, 0.1) is 5.92 Å². The second-order valence-electron chi connectivity index (χ2n) is 7.31. The smallest absolute Gasteiger partial charge is 0.225 e. The minimum Gasteiger partial charge on any atom is -0.225 e. The van der Waals surface area contributed by atoms with Crippen LogP contribution < -0.4 is 0 Å². The first-order valence-electron chi connectivity index (χ1n) is 9.15. The summed E-state index contributed by atoms with van der Waals surface area (Å²) in [5, 5.41) is 0. The van der Waals surface area contributed by atoms with Gasteiger partial charge in [-0.25, -0.2) is 4.74 Å². The average molecular weight is 366 g/mol. The molecule has 0 atom stereocenters. The normalized spacial score (nSPS) is 32.6. The van der Waals surface area contributed by atoms with Gasteiger partial charge in [-0.1, -0.05) is 24.3 Å². The molecular weight excluding hydrogens is 339 g/mol. The second kappa shape index (κ2) is 8.65. The van der Waals surface area contributed by atoms with Gasteiger partial charge in [-0.2, -0.15) is 8.78 Å². The Bertz CT molecular complexity index is 453. The Morgan fingerprint density at radius 2 is 1.08 bits per heavy atom. The minimum absolute atomic E-state index is 0.0616. The molecule has 0 aromatic rings. The maximum Gasteiger partial charge on any atom is 0.527 e. The SMILES string of the molecule is CC=CC1CCC(C=CC2CCC(C(F)(F)OC(F)(F)F)CC2)CC1. The molecule has 0 aliphatic heterocycles. The molecule has 2 fully saturated rings. The highest BCUT2D eigenvalue weighted by Gasteiger charge is 2.50. The summed E-state index contributed by atoms with van der Waals surface area (Å²) in [6.07, 6.45) is 4.94. The van der Waals surface area contributed by atoms with Gasteiger partial charge in [-0.05, 0) is 76.0 Å². The Hall–Kier alpha value is -0.910. The van der Waals surface area contributed by atoms with Crippen LogP contribution in [0, 0.1) is 23.7 Å². The largest absolute Gasteiger partial charge is 0.527 e. The molecule has 0 radical (unpaired) electrons. The van der Waals surface area contributed by atoms with Gasteiger partial charge in [0.25, 0.3) is 0 Å². The van der Waals surface area contributed by atoms with Crippen molar-refractivity contribution >= 4 is 0 Å². The summed E-state index contributed by atoms with van der Waals surface area (Å²) < 4.78 is 66.3. The van der Waals surface area contributed by atoms with Gasteiger partial charge in [0.15, 0.2) is 0 Å². The van der Waals surface area contributed by atoms with Gasteiger partial charge in [0.1, 0.15) is 0 Å². The van der Waals surface area contributed by atoms with Crippen LogP contribution in [0.3, 0.4) is 0 Å². The van der Waals surface area contributed by atoms with Crippen molar-refractivity contribution in [2.45, 2.75) is 70.8 Å². The first kappa shape index (κ1) is 20.4. The van der Waals surface area contributed by atoms with Gasteiger partial charge in [-0.3, -0.25) is 0 Å². The molecule has 0 aromatic carbocycles. The Kier molecular flexibility index (Phi) is 7.06. The Morgan fingerprint density at radius 1 is 0.680 bits per heavy atom. The van der Waals surface area contributed by atoms with Crippen molar-refractivity contribution in [2.24, 2.45) is 23.7 Å². The maximum absolute atomic E-state index is 13.5. The van der Waals surface area contributed by atoms with Crippen molar-refractivity contribution < 1.29 is 26.7 Å². The number of allylic oxidation sites excluding steroid dienone is 4. The lowest BCUT2D eigenvalue weighted by molar-refractivity contribution is -0.438. The molecule has 0 amide bonds. The van der Waals surface area contributed by atoms with E-state index in [-0.39, 0.29) is 18.8 Å². The van der Waals surface area contributed by atoms with Gasteiger partial charge in [-0.15, -0.1) is 13.2 Å². The number of ether oxygens (including phenoxy) is 1. The van der Waals surface area contributed by atoms with E-state index in [1.54, 1.807) is 0 Å². The van der Waals surface area contributed by atoms with Crippen molar-refractivity contribution in [1.82, 2.24) is 0 Å². The molecule has 0 spiro atoms. The number of rotatable bonds is 5. The zero-order valence-corrected chi connectivity index (χ0v) is 14.6. The topological polar surface area (TPSA) is 9.23 Å². The molecule has 2 saturated carbocycles. The van der Waals surface area contributed by atoms with E-state index in [0.717, 1.165) is 12.8 Å². The molecule has 0 saturated heterocycles. The second-order valence-corrected chi connectivity index (χ2v) is 7.31. The summed E-state index contributed by atoms with van der Waals surface area (Å²) >= 11 is 0. The molecule has 0 bridgehead atoms. The third-order valence-electron chi connectivity index (χ3n) is 5.44. The van der Waals surface area contributed by atoms with Crippen LogP contribution in [0.4, 0.5) is 22.0 Å². The van der Waals surface area contributed by atoms with Crippen molar-refractivity contribution in [3.8, 4) is 0 Å². The van der Waals surface area contributed by atoms with Crippen molar-refractivity contribution in [3.05, 3.63) is 24.3 Å². The van der Waals surface area contributed by atoms with Gasteiger partial charge in [0.2, 0.25) is 0 Å². The summed E-state index contributed by atoms with van der Waals surface area (Å²) in [6, 6.07) is 0. The summed E-state index contributed by atoms with van der Waals surface area (Å²) in [4.78, 5) is 0. The third-order valence-corrected chi connectivity index (χ3v) is 5.44. The molecule has 0 unspecified atom stereocenters. The lowest BCUT2D eigenvalue weighted by atomic mass is 9.78. The summed E-state index contributed by atoms with van der Waals surface area (Å²) in [6.45, 7) is 2.03. The summed E-state index contributed by atoms with van der Waals surface area (Å²) in [5.41, 5.74) is 0. The molecule has 1 nitrogen and oxygen atoms in total. The van der Waals surface area contributed by atoms with E-state index in [4.69, 9.17) is 0 Å². The lowest BCUT2D eigenvalue weighted by Gasteiger charge is -2.32. The fourth-order valence-electron chi connectivity index (χ4n) is 4.00. The first-order valence-corrected chi connectivity index (χ1v) is 9.15. The van der Waals surface area contributed by atoms with E-state index >= 15 is 0 Å². The van der Waals surface area contributed by atoms with E-state index in [1.165, 1.54) is 12.8 Å². The van der Waals surface area contributed by atoms with Gasteiger partial charge in [0, 0.05) is 0 Å². The van der Waals surface area contributed by atoms with Crippen LogP contribution in [0.5, 0.6) is 0 Å². The van der Waals surface area contributed by atoms with E-state index in [9.17, 15) is 22.0 Å². The summed E-state index contributed by atoms with van der Waals surface area (Å²) in [5.74, 6) is 0.0384. The number of halogens is 5. The molecule has 2 aliphatic rings. The molecule has 2 aliphatic carbocycles. The van der Waals surface area contributed by atoms with Crippen LogP contribution in [0.1, 0.15) is 58.3 Å². The Balaban J connectivity index is 1.75. The van der Waals surface area contributed by atoms with Gasteiger partial charge < -0.3 is 0 Å². The van der Waals surface area contributed by atoms with Crippen molar-refractivity contribution in [3.63, 3.8) is 0 Å². The predicted molar refractivity (Wildman–Crippen MR) is 86.9 cm³/mol. The molecule has 2 rings (SSSR count). The molecular formula is C19H27F5O. The van der Waals surface area contributed by atoms with Crippen LogP contribution in [0.25, 0.3) is 0 Å². The summed E-state index contributed by atoms with van der Waals surface area (Å²) in [7, 11) is 0. The predicted octanol–water partition coefficient (Wildman–Crippen LogP) is 6.86. The zero-order chi connectivity index (χ0) is 18.5. The Morgan fingerprint density at radius 3 is 1.48 bits per heavy atom. The van der Waals surface area contributed by atoms with E-state index in [0.29, 0.717) is 24.7 Å². The molecule has 144 valence electrons. The molecule has 0 aromatic heterocycles. The fraction of sp³-hybridized carbons (Fsp3) is 0.789. The van der Waals surface area contributed by atoms with E-state index in [1.807, 2.05) is 6.92 Å². The highest BCUT2D eigenvalue weighted by Crippen LogP contribution is 2.43. The van der Waals surface area contributed by atoms with E-state index < -0.39 is 18.4 Å².